The number of hydrogen-bond acceptors (Lipinski definition) is 6. The van der Waals surface area contributed by atoms with Crippen LogP contribution in [0.5, 0.6) is 0 Å². The van der Waals surface area contributed by atoms with Crippen LogP contribution in [0.3, 0.4) is 0 Å². The summed E-state index contributed by atoms with van der Waals surface area (Å²) in [6.45, 7) is 1.86. The Balaban J connectivity index is 1.83. The Labute approximate surface area is 158 Å². The van der Waals surface area contributed by atoms with Gasteiger partial charge in [-0.3, -0.25) is 15.5 Å². The van der Waals surface area contributed by atoms with E-state index in [4.69, 9.17) is 0 Å². The Kier molecular flexibility index (Phi) is 5.33. The van der Waals surface area contributed by atoms with Crippen molar-refractivity contribution in [1.82, 2.24) is 9.97 Å². The number of benzene rings is 2. The van der Waals surface area contributed by atoms with E-state index in [2.05, 4.69) is 36.4 Å². The van der Waals surface area contributed by atoms with Gasteiger partial charge in [0.05, 0.1) is 16.7 Å². The maximum Gasteiger partial charge on any atom is 0.278 e. The Morgan fingerprint density at radius 2 is 1.88 bits per heavy atom. The number of nitrogens with one attached hydrogen (secondary N) is 1. The number of hydrazone groups is 1. The minimum Gasteiger partial charge on any atom is -0.261 e. The number of nitro benzene ring substituents is 1. The number of anilines is 1. The third-order valence-electron chi connectivity index (χ3n) is 3.47. The van der Waals surface area contributed by atoms with Crippen molar-refractivity contribution < 1.29 is 4.92 Å². The molecule has 130 valence electrons. The van der Waals surface area contributed by atoms with Crippen LogP contribution in [0.2, 0.25) is 0 Å². The minimum absolute atomic E-state index is 0.00697. The predicted molar refractivity (Wildman–Crippen MR) is 104 cm³/mol. The van der Waals surface area contributed by atoms with Gasteiger partial charge in [0.1, 0.15) is 0 Å². The molecule has 0 radical (unpaired) electrons. The highest BCUT2D eigenvalue weighted by atomic mass is 79.9. The lowest BCUT2D eigenvalue weighted by Crippen LogP contribution is -2.00. The molecule has 3 rings (SSSR count). The first kappa shape index (κ1) is 17.7. The summed E-state index contributed by atoms with van der Waals surface area (Å²) in [7, 11) is 0. The van der Waals surface area contributed by atoms with E-state index in [0.717, 1.165) is 15.7 Å². The van der Waals surface area contributed by atoms with Crippen molar-refractivity contribution in [2.45, 2.75) is 6.92 Å². The summed E-state index contributed by atoms with van der Waals surface area (Å²) in [5.74, 6) is 1.08. The van der Waals surface area contributed by atoms with Gasteiger partial charge in [0.2, 0.25) is 0 Å². The van der Waals surface area contributed by atoms with Crippen LogP contribution in [0.25, 0.3) is 11.4 Å². The van der Waals surface area contributed by atoms with Gasteiger partial charge in [0.25, 0.3) is 5.69 Å². The van der Waals surface area contributed by atoms with Crippen LogP contribution in [0, 0.1) is 17.0 Å². The van der Waals surface area contributed by atoms with E-state index in [1.54, 1.807) is 24.3 Å². The average molecular weight is 412 g/mol. The smallest absolute Gasteiger partial charge is 0.261 e. The zero-order valence-electron chi connectivity index (χ0n) is 13.8. The van der Waals surface area contributed by atoms with Crippen LogP contribution in [0.1, 0.15) is 11.3 Å². The third-order valence-corrected chi connectivity index (χ3v) is 4.00. The number of aromatic nitrogens is 2. The topological polar surface area (TPSA) is 93.3 Å². The van der Waals surface area contributed by atoms with Crippen molar-refractivity contribution in [2.75, 3.05) is 5.43 Å². The van der Waals surface area contributed by atoms with E-state index in [0.29, 0.717) is 17.2 Å². The van der Waals surface area contributed by atoms with Gasteiger partial charge in [-0.05, 0) is 25.1 Å². The Bertz CT molecular complexity index is 974. The summed E-state index contributed by atoms with van der Waals surface area (Å²) in [5.41, 5.74) is 4.86. The molecule has 0 unspecified atom stereocenters. The third kappa shape index (κ3) is 4.28. The predicted octanol–water partition coefficient (Wildman–Crippen LogP) is 4.57. The summed E-state index contributed by atoms with van der Waals surface area (Å²) >= 11 is 3.40. The van der Waals surface area contributed by atoms with Crippen molar-refractivity contribution in [3.05, 3.63) is 80.4 Å². The molecule has 0 aliphatic rings. The fourth-order valence-electron chi connectivity index (χ4n) is 2.28. The van der Waals surface area contributed by atoms with E-state index >= 15 is 0 Å². The van der Waals surface area contributed by atoms with E-state index in [1.807, 2.05) is 31.2 Å². The van der Waals surface area contributed by atoms with Gasteiger partial charge >= 0.3 is 0 Å². The van der Waals surface area contributed by atoms with Crippen LogP contribution in [0.4, 0.5) is 11.5 Å². The fourth-order valence-corrected chi connectivity index (χ4v) is 2.55. The van der Waals surface area contributed by atoms with Crippen LogP contribution in [-0.2, 0) is 0 Å². The van der Waals surface area contributed by atoms with Gasteiger partial charge in [-0.15, -0.1) is 0 Å². The van der Waals surface area contributed by atoms with Crippen LogP contribution < -0.4 is 5.43 Å². The highest BCUT2D eigenvalue weighted by Gasteiger charge is 2.10. The van der Waals surface area contributed by atoms with Gasteiger partial charge in [-0.25, -0.2) is 9.97 Å². The lowest BCUT2D eigenvalue weighted by atomic mass is 10.2. The quantitative estimate of drug-likeness (QED) is 0.377. The Morgan fingerprint density at radius 1 is 1.15 bits per heavy atom. The number of nitrogens with zero attached hydrogens (tertiary/aromatic N) is 4. The number of hydrogen-bond donors (Lipinski definition) is 1. The molecule has 8 heteroatoms. The molecule has 3 aromatic rings. The molecule has 0 fully saturated rings. The van der Waals surface area contributed by atoms with Crippen molar-refractivity contribution in [3.8, 4) is 11.4 Å². The molecule has 0 saturated carbocycles. The first-order valence-electron chi connectivity index (χ1n) is 7.67. The number of halogens is 1. The monoisotopic (exact) mass is 411 g/mol. The second-order valence-corrected chi connectivity index (χ2v) is 6.33. The molecule has 1 N–H and O–H groups in total. The van der Waals surface area contributed by atoms with Gasteiger partial charge in [-0.1, -0.05) is 40.2 Å². The summed E-state index contributed by atoms with van der Waals surface area (Å²) in [6, 6.07) is 15.8. The van der Waals surface area contributed by atoms with Crippen molar-refractivity contribution >= 4 is 33.6 Å². The minimum atomic E-state index is -0.443. The second kappa shape index (κ2) is 7.83. The van der Waals surface area contributed by atoms with Gasteiger partial charge < -0.3 is 0 Å². The number of rotatable bonds is 5. The van der Waals surface area contributed by atoms with E-state index in [9.17, 15) is 10.1 Å². The fraction of sp³-hybridized carbons (Fsp3) is 0.0556. The first-order chi connectivity index (χ1) is 12.5. The maximum atomic E-state index is 11.0. The molecule has 0 bridgehead atoms. The molecule has 1 heterocycles. The molecule has 0 atom stereocenters. The highest BCUT2D eigenvalue weighted by Crippen LogP contribution is 2.21. The molecule has 1 aromatic heterocycles. The highest BCUT2D eigenvalue weighted by molar-refractivity contribution is 9.10. The molecule has 0 aliphatic heterocycles. The molecule has 26 heavy (non-hydrogen) atoms. The van der Waals surface area contributed by atoms with Gasteiger partial charge in [0, 0.05) is 27.9 Å². The SMILES string of the molecule is Cc1cc(N/N=C\c2ccccc2[N+](=O)[O-])nc(-c2ccc(Br)cc2)n1. The van der Waals surface area contributed by atoms with Gasteiger partial charge in [0.15, 0.2) is 11.6 Å². The van der Waals surface area contributed by atoms with Gasteiger partial charge in [-0.2, -0.15) is 5.10 Å². The van der Waals surface area contributed by atoms with E-state index in [-0.39, 0.29) is 5.69 Å². The van der Waals surface area contributed by atoms with Crippen LogP contribution in [0.15, 0.2) is 64.2 Å². The van der Waals surface area contributed by atoms with Crippen molar-refractivity contribution in [3.63, 3.8) is 0 Å². The molecule has 0 amide bonds. The van der Waals surface area contributed by atoms with Crippen LogP contribution in [-0.4, -0.2) is 21.1 Å². The normalized spacial score (nSPS) is 10.8. The lowest BCUT2D eigenvalue weighted by molar-refractivity contribution is -0.385. The maximum absolute atomic E-state index is 11.0. The molecule has 0 saturated heterocycles. The number of nitro groups is 1. The first-order valence-corrected chi connectivity index (χ1v) is 8.46. The molecular weight excluding hydrogens is 398 g/mol. The lowest BCUT2D eigenvalue weighted by Gasteiger charge is -2.06. The zero-order chi connectivity index (χ0) is 18.5. The average Bonchev–Trinajstić information content (AvgIpc) is 2.62. The zero-order valence-corrected chi connectivity index (χ0v) is 15.3. The van der Waals surface area contributed by atoms with Crippen LogP contribution >= 0.6 is 15.9 Å². The van der Waals surface area contributed by atoms with Crippen molar-refractivity contribution in [2.24, 2.45) is 5.10 Å². The number of aryl methyl sites for hydroxylation is 1. The molecule has 7 nitrogen and oxygen atoms in total. The Hall–Kier alpha value is -3.13. The summed E-state index contributed by atoms with van der Waals surface area (Å²) in [4.78, 5) is 19.4. The molecule has 2 aromatic carbocycles. The summed E-state index contributed by atoms with van der Waals surface area (Å²) < 4.78 is 0.973. The number of para-hydroxylation sites is 1. The van der Waals surface area contributed by atoms with Crippen molar-refractivity contribution in [1.29, 1.82) is 0 Å². The molecular formula is C18H14BrN5O2. The van der Waals surface area contributed by atoms with E-state index < -0.39 is 4.92 Å². The second-order valence-electron chi connectivity index (χ2n) is 5.41. The molecule has 0 aliphatic carbocycles. The standard InChI is InChI=1S/C18H14BrN5O2/c1-12-10-17(22-18(21-12)13-6-8-15(19)9-7-13)23-20-11-14-4-2-3-5-16(14)24(25)26/h2-11H,1H3,(H,21,22,23)/b20-11-. The summed E-state index contributed by atoms with van der Waals surface area (Å²) in [6.07, 6.45) is 1.40. The summed E-state index contributed by atoms with van der Waals surface area (Å²) in [5, 5.41) is 15.1. The van der Waals surface area contributed by atoms with E-state index in [1.165, 1.54) is 12.3 Å². The Morgan fingerprint density at radius 3 is 2.62 bits per heavy atom. The largest absolute Gasteiger partial charge is 0.278 e. The molecule has 0 spiro atoms.